The van der Waals surface area contributed by atoms with Gasteiger partial charge in [-0.05, 0) is 30.3 Å². The van der Waals surface area contributed by atoms with E-state index in [9.17, 15) is 14.0 Å². The van der Waals surface area contributed by atoms with E-state index in [1.165, 1.54) is 26.4 Å². The van der Waals surface area contributed by atoms with Gasteiger partial charge in [0.1, 0.15) is 11.6 Å². The highest BCUT2D eigenvalue weighted by atomic mass is 19.1. The molecule has 0 fully saturated rings. The smallest absolute Gasteiger partial charge is 0.337 e. The van der Waals surface area contributed by atoms with Gasteiger partial charge in [0.05, 0.1) is 31.6 Å². The molecule has 0 radical (unpaired) electrons. The first kappa shape index (κ1) is 17.1. The van der Waals surface area contributed by atoms with Crippen molar-refractivity contribution in [3.05, 3.63) is 65.0 Å². The molecule has 0 saturated carbocycles. The molecule has 0 saturated heterocycles. The molecule has 6 nitrogen and oxygen atoms in total. The first-order chi connectivity index (χ1) is 11.6. The van der Waals surface area contributed by atoms with E-state index in [4.69, 9.17) is 4.74 Å². The average Bonchev–Trinajstić information content (AvgIpc) is 2.62. The molecule has 0 aliphatic rings. The van der Waals surface area contributed by atoms with E-state index in [-0.39, 0.29) is 11.1 Å². The summed E-state index contributed by atoms with van der Waals surface area (Å²) in [4.78, 5) is 23.3. The molecule has 124 valence electrons. The number of nitrogens with zero attached hydrogens (tertiary/aromatic N) is 1. The van der Waals surface area contributed by atoms with Gasteiger partial charge in [0.25, 0.3) is 5.91 Å². The first-order valence-electron chi connectivity index (χ1n) is 6.91. The number of hydrazone groups is 1. The van der Waals surface area contributed by atoms with Crippen molar-refractivity contribution in [2.45, 2.75) is 0 Å². The number of esters is 1. The number of halogens is 1. The fourth-order valence-corrected chi connectivity index (χ4v) is 1.93. The van der Waals surface area contributed by atoms with Crippen molar-refractivity contribution in [2.24, 2.45) is 5.10 Å². The summed E-state index contributed by atoms with van der Waals surface area (Å²) in [7, 11) is 2.66. The molecular weight excluding hydrogens is 315 g/mol. The van der Waals surface area contributed by atoms with Crippen LogP contribution in [0.15, 0.2) is 47.6 Å². The molecule has 2 aromatic carbocycles. The van der Waals surface area contributed by atoms with Crippen LogP contribution in [0.2, 0.25) is 0 Å². The SMILES string of the molecule is COC(=O)c1ccc(/C=N/NC(=O)c2ccccc2OC)c(F)c1. The number of rotatable bonds is 5. The summed E-state index contributed by atoms with van der Waals surface area (Å²) >= 11 is 0. The highest BCUT2D eigenvalue weighted by molar-refractivity contribution is 5.97. The fraction of sp³-hybridized carbons (Fsp3) is 0.118. The lowest BCUT2D eigenvalue weighted by atomic mass is 10.1. The molecule has 2 rings (SSSR count). The van der Waals surface area contributed by atoms with Gasteiger partial charge in [-0.1, -0.05) is 12.1 Å². The Bertz CT molecular complexity index is 790. The van der Waals surface area contributed by atoms with Crippen LogP contribution >= 0.6 is 0 Å². The zero-order valence-corrected chi connectivity index (χ0v) is 13.1. The second-order valence-electron chi connectivity index (χ2n) is 4.63. The Morgan fingerprint density at radius 2 is 1.92 bits per heavy atom. The predicted molar refractivity (Wildman–Crippen MR) is 85.8 cm³/mol. The van der Waals surface area contributed by atoms with E-state index in [0.29, 0.717) is 11.3 Å². The molecule has 0 aromatic heterocycles. The monoisotopic (exact) mass is 330 g/mol. The van der Waals surface area contributed by atoms with Crippen LogP contribution in [-0.2, 0) is 4.74 Å². The van der Waals surface area contributed by atoms with Gasteiger partial charge in [0.2, 0.25) is 0 Å². The van der Waals surface area contributed by atoms with Crippen LogP contribution in [0.1, 0.15) is 26.3 Å². The van der Waals surface area contributed by atoms with Crippen LogP contribution in [0.5, 0.6) is 5.75 Å². The minimum atomic E-state index is -0.659. The normalized spacial score (nSPS) is 10.5. The molecule has 24 heavy (non-hydrogen) atoms. The molecule has 0 spiro atoms. The molecule has 0 unspecified atom stereocenters. The summed E-state index contributed by atoms with van der Waals surface area (Å²) in [5.74, 6) is -1.39. The topological polar surface area (TPSA) is 77.0 Å². The maximum Gasteiger partial charge on any atom is 0.337 e. The molecule has 1 amide bonds. The molecule has 0 aliphatic heterocycles. The standard InChI is InChI=1S/C17H15FN2O4/c1-23-15-6-4-3-5-13(15)16(21)20-19-10-12-8-7-11(9-14(12)18)17(22)24-2/h3-10H,1-2H3,(H,20,21)/b19-10+. The van der Waals surface area contributed by atoms with Crippen molar-refractivity contribution in [3.63, 3.8) is 0 Å². The van der Waals surface area contributed by atoms with Gasteiger partial charge < -0.3 is 9.47 Å². The number of methoxy groups -OCH3 is 2. The number of hydrogen-bond acceptors (Lipinski definition) is 5. The number of carbonyl (C=O) groups excluding carboxylic acids is 2. The quantitative estimate of drug-likeness (QED) is 0.519. The van der Waals surface area contributed by atoms with Crippen LogP contribution < -0.4 is 10.2 Å². The second-order valence-corrected chi connectivity index (χ2v) is 4.63. The molecule has 0 aliphatic carbocycles. The predicted octanol–water partition coefficient (Wildman–Crippen LogP) is 2.38. The van der Waals surface area contributed by atoms with Gasteiger partial charge in [-0.15, -0.1) is 0 Å². The fourth-order valence-electron chi connectivity index (χ4n) is 1.93. The lowest BCUT2D eigenvalue weighted by Gasteiger charge is -2.06. The molecule has 7 heteroatoms. The summed E-state index contributed by atoms with van der Waals surface area (Å²) in [6.07, 6.45) is 1.14. The number of hydrogen-bond donors (Lipinski definition) is 1. The molecule has 1 N–H and O–H groups in total. The zero-order chi connectivity index (χ0) is 17.5. The van der Waals surface area contributed by atoms with Crippen LogP contribution in [0, 0.1) is 5.82 Å². The molecule has 0 atom stereocenters. The van der Waals surface area contributed by atoms with Gasteiger partial charge in [0.15, 0.2) is 0 Å². The van der Waals surface area contributed by atoms with Crippen molar-refractivity contribution in [1.29, 1.82) is 0 Å². The zero-order valence-electron chi connectivity index (χ0n) is 13.1. The van der Waals surface area contributed by atoms with E-state index in [1.807, 2.05) is 0 Å². The summed E-state index contributed by atoms with van der Waals surface area (Å²) in [5.41, 5.74) is 2.80. The summed E-state index contributed by atoms with van der Waals surface area (Å²) in [6.45, 7) is 0. The number of ether oxygens (including phenoxy) is 2. The number of benzene rings is 2. The van der Waals surface area contributed by atoms with Gasteiger partial charge in [0, 0.05) is 5.56 Å². The highest BCUT2D eigenvalue weighted by Crippen LogP contribution is 2.16. The third kappa shape index (κ3) is 3.95. The van der Waals surface area contributed by atoms with E-state index in [0.717, 1.165) is 12.3 Å². The average molecular weight is 330 g/mol. The van der Waals surface area contributed by atoms with E-state index < -0.39 is 17.7 Å². The van der Waals surface area contributed by atoms with E-state index >= 15 is 0 Å². The third-order valence-corrected chi connectivity index (χ3v) is 3.14. The van der Waals surface area contributed by atoms with Crippen molar-refractivity contribution in [2.75, 3.05) is 14.2 Å². The lowest BCUT2D eigenvalue weighted by Crippen LogP contribution is -2.18. The van der Waals surface area contributed by atoms with Gasteiger partial charge in [-0.2, -0.15) is 5.10 Å². The molecule has 2 aromatic rings. The first-order valence-corrected chi connectivity index (χ1v) is 6.91. The van der Waals surface area contributed by atoms with Crippen LogP contribution in [0.3, 0.4) is 0 Å². The Kier molecular flexibility index (Phi) is 5.62. The Hall–Kier alpha value is -3.22. The molecular formula is C17H15FN2O4. The Morgan fingerprint density at radius 1 is 1.17 bits per heavy atom. The Balaban J connectivity index is 2.09. The van der Waals surface area contributed by atoms with Gasteiger partial charge in [-0.3, -0.25) is 4.79 Å². The summed E-state index contributed by atoms with van der Waals surface area (Å²) in [6, 6.07) is 10.4. The Labute approximate surface area is 137 Å². The van der Waals surface area contributed by atoms with Crippen molar-refractivity contribution < 1.29 is 23.5 Å². The summed E-state index contributed by atoms with van der Waals surface area (Å²) in [5, 5.41) is 3.71. The number of para-hydroxylation sites is 1. The molecule has 0 bridgehead atoms. The maximum absolute atomic E-state index is 13.9. The Morgan fingerprint density at radius 3 is 2.58 bits per heavy atom. The third-order valence-electron chi connectivity index (χ3n) is 3.14. The van der Waals surface area contributed by atoms with Gasteiger partial charge in [-0.25, -0.2) is 14.6 Å². The van der Waals surface area contributed by atoms with E-state index in [2.05, 4.69) is 15.3 Å². The van der Waals surface area contributed by atoms with Crippen molar-refractivity contribution >= 4 is 18.1 Å². The van der Waals surface area contributed by atoms with Crippen molar-refractivity contribution in [3.8, 4) is 5.75 Å². The number of nitrogens with one attached hydrogen (secondary N) is 1. The second kappa shape index (κ2) is 7.87. The molecule has 0 heterocycles. The van der Waals surface area contributed by atoms with Crippen LogP contribution in [-0.4, -0.2) is 32.3 Å². The van der Waals surface area contributed by atoms with Gasteiger partial charge >= 0.3 is 5.97 Å². The minimum absolute atomic E-state index is 0.0882. The van der Waals surface area contributed by atoms with E-state index in [1.54, 1.807) is 24.3 Å². The largest absolute Gasteiger partial charge is 0.496 e. The lowest BCUT2D eigenvalue weighted by molar-refractivity contribution is 0.0600. The van der Waals surface area contributed by atoms with Crippen LogP contribution in [0.4, 0.5) is 4.39 Å². The number of carbonyl (C=O) groups is 2. The van der Waals surface area contributed by atoms with Crippen LogP contribution in [0.25, 0.3) is 0 Å². The number of amides is 1. The maximum atomic E-state index is 13.9. The minimum Gasteiger partial charge on any atom is -0.496 e. The summed E-state index contributed by atoms with van der Waals surface area (Å²) < 4.78 is 23.5. The van der Waals surface area contributed by atoms with Crippen molar-refractivity contribution in [1.82, 2.24) is 5.43 Å². The highest BCUT2D eigenvalue weighted by Gasteiger charge is 2.11.